The van der Waals surface area contributed by atoms with E-state index in [0.717, 1.165) is 12.0 Å². The zero-order valence-corrected chi connectivity index (χ0v) is 11.4. The predicted octanol–water partition coefficient (Wildman–Crippen LogP) is 1.97. The normalized spacial score (nSPS) is 33.4. The lowest BCUT2D eigenvalue weighted by Gasteiger charge is -2.31. The summed E-state index contributed by atoms with van der Waals surface area (Å²) in [5, 5.41) is 0. The highest BCUT2D eigenvalue weighted by molar-refractivity contribution is 7.95. The van der Waals surface area contributed by atoms with Crippen molar-refractivity contribution in [3.63, 3.8) is 0 Å². The summed E-state index contributed by atoms with van der Waals surface area (Å²) in [5.41, 5.74) is 0. The van der Waals surface area contributed by atoms with Gasteiger partial charge in [0.15, 0.2) is 0 Å². The van der Waals surface area contributed by atoms with Crippen LogP contribution in [0.25, 0.3) is 0 Å². The number of piperazine rings is 1. The fourth-order valence-corrected chi connectivity index (χ4v) is 3.44. The summed E-state index contributed by atoms with van der Waals surface area (Å²) < 4.78 is 6.13. The van der Waals surface area contributed by atoms with Crippen LogP contribution >= 0.6 is 12.1 Å². The van der Waals surface area contributed by atoms with Gasteiger partial charge < -0.3 is 4.90 Å². The molecule has 1 saturated carbocycles. The highest BCUT2D eigenvalue weighted by atomic mass is 32.2. The van der Waals surface area contributed by atoms with E-state index in [1.807, 2.05) is 12.1 Å². The predicted molar refractivity (Wildman–Crippen MR) is 71.2 cm³/mol. The Hall–Kier alpha value is 0.230. The van der Waals surface area contributed by atoms with Crippen LogP contribution < -0.4 is 4.72 Å². The molecule has 0 aromatic rings. The van der Waals surface area contributed by atoms with Crippen molar-refractivity contribution in [2.45, 2.75) is 38.6 Å². The van der Waals surface area contributed by atoms with E-state index in [4.69, 9.17) is 0 Å². The third-order valence-electron chi connectivity index (χ3n) is 3.93. The molecular weight excluding hydrogens is 218 g/mol. The minimum atomic E-state index is 0.759. The molecule has 2 fully saturated rings. The third kappa shape index (κ3) is 3.62. The van der Waals surface area contributed by atoms with Crippen molar-refractivity contribution in [3.05, 3.63) is 0 Å². The van der Waals surface area contributed by atoms with Crippen LogP contribution in [0.1, 0.15) is 32.6 Å². The molecule has 16 heavy (non-hydrogen) atoms. The Morgan fingerprint density at radius 1 is 1.19 bits per heavy atom. The van der Waals surface area contributed by atoms with E-state index < -0.39 is 0 Å². The van der Waals surface area contributed by atoms with Crippen LogP contribution in [0.4, 0.5) is 0 Å². The van der Waals surface area contributed by atoms with Gasteiger partial charge in [-0.1, -0.05) is 13.3 Å². The molecule has 1 saturated heterocycles. The molecule has 94 valence electrons. The van der Waals surface area contributed by atoms with Crippen molar-refractivity contribution in [2.24, 2.45) is 5.92 Å². The van der Waals surface area contributed by atoms with E-state index in [2.05, 4.69) is 27.9 Å². The first-order valence-electron chi connectivity index (χ1n) is 6.64. The van der Waals surface area contributed by atoms with Gasteiger partial charge in [-0.05, 0) is 32.2 Å². The van der Waals surface area contributed by atoms with Gasteiger partial charge in [-0.2, -0.15) is 0 Å². The van der Waals surface area contributed by atoms with E-state index in [9.17, 15) is 0 Å². The minimum absolute atomic E-state index is 0.759. The summed E-state index contributed by atoms with van der Waals surface area (Å²) in [6.45, 7) is 7.12. The van der Waals surface area contributed by atoms with Gasteiger partial charge in [0.25, 0.3) is 0 Å². The second-order valence-electron chi connectivity index (χ2n) is 5.23. The van der Waals surface area contributed by atoms with E-state index in [0.29, 0.717) is 0 Å². The average molecular weight is 243 g/mol. The molecule has 0 amide bonds. The molecule has 0 spiro atoms. The van der Waals surface area contributed by atoms with Crippen LogP contribution in [-0.2, 0) is 0 Å². The second-order valence-corrected chi connectivity index (χ2v) is 6.16. The van der Waals surface area contributed by atoms with Crippen molar-refractivity contribution in [1.29, 1.82) is 0 Å². The zero-order chi connectivity index (χ0) is 11.4. The standard InChI is InChI=1S/C12H25N3S/c1-3-11-4-5-12(10-11)13-16-15-8-6-14(2)7-9-15/h11-13H,3-10H2,1-2H3/t11-,12+/m0/s1. The maximum Gasteiger partial charge on any atom is 0.0230 e. The van der Waals surface area contributed by atoms with Gasteiger partial charge in [-0.3, -0.25) is 0 Å². The summed E-state index contributed by atoms with van der Waals surface area (Å²) >= 11 is 1.87. The quantitative estimate of drug-likeness (QED) is 0.761. The Morgan fingerprint density at radius 2 is 1.94 bits per heavy atom. The number of nitrogens with zero attached hydrogens (tertiary/aromatic N) is 2. The van der Waals surface area contributed by atoms with E-state index in [-0.39, 0.29) is 0 Å². The summed E-state index contributed by atoms with van der Waals surface area (Å²) in [4.78, 5) is 2.40. The lowest BCUT2D eigenvalue weighted by atomic mass is 10.1. The first kappa shape index (κ1) is 12.7. The third-order valence-corrected chi connectivity index (χ3v) is 4.99. The smallest absolute Gasteiger partial charge is 0.0230 e. The fourth-order valence-electron chi connectivity index (χ4n) is 2.58. The van der Waals surface area contributed by atoms with Gasteiger partial charge in [0.2, 0.25) is 0 Å². The number of hydrogen-bond donors (Lipinski definition) is 1. The molecular formula is C12H25N3S. The molecule has 1 aliphatic heterocycles. The summed E-state index contributed by atoms with van der Waals surface area (Å²) in [7, 11) is 2.21. The molecule has 2 rings (SSSR count). The lowest BCUT2D eigenvalue weighted by Crippen LogP contribution is -2.42. The Bertz CT molecular complexity index is 202. The lowest BCUT2D eigenvalue weighted by molar-refractivity contribution is 0.232. The molecule has 0 unspecified atom stereocenters. The maximum atomic E-state index is 3.65. The molecule has 1 heterocycles. The van der Waals surface area contributed by atoms with Crippen LogP contribution in [-0.4, -0.2) is 48.5 Å². The average Bonchev–Trinajstić information content (AvgIpc) is 2.76. The zero-order valence-electron chi connectivity index (χ0n) is 10.6. The van der Waals surface area contributed by atoms with Gasteiger partial charge in [-0.15, -0.1) is 0 Å². The molecule has 0 bridgehead atoms. The summed E-state index contributed by atoms with van der Waals surface area (Å²) in [6, 6.07) is 0.759. The van der Waals surface area contributed by atoms with Crippen molar-refractivity contribution in [2.75, 3.05) is 33.2 Å². The van der Waals surface area contributed by atoms with Gasteiger partial charge in [0.1, 0.15) is 0 Å². The van der Waals surface area contributed by atoms with Crippen LogP contribution in [0.2, 0.25) is 0 Å². The molecule has 2 atom stereocenters. The Balaban J connectivity index is 1.61. The van der Waals surface area contributed by atoms with Crippen LogP contribution in [0.5, 0.6) is 0 Å². The van der Waals surface area contributed by atoms with Gasteiger partial charge in [0.05, 0.1) is 0 Å². The van der Waals surface area contributed by atoms with Gasteiger partial charge in [0, 0.05) is 44.4 Å². The first-order chi connectivity index (χ1) is 7.78. The topological polar surface area (TPSA) is 18.5 Å². The first-order valence-corrected chi connectivity index (χ1v) is 7.41. The molecule has 0 aromatic carbocycles. The fraction of sp³-hybridized carbons (Fsp3) is 1.00. The van der Waals surface area contributed by atoms with Gasteiger partial charge in [-0.25, -0.2) is 9.03 Å². The summed E-state index contributed by atoms with van der Waals surface area (Å²) in [6.07, 6.45) is 5.55. The molecule has 0 radical (unpaired) electrons. The van der Waals surface area contributed by atoms with Crippen molar-refractivity contribution in [3.8, 4) is 0 Å². The van der Waals surface area contributed by atoms with E-state index in [1.165, 1.54) is 51.9 Å². The number of rotatable bonds is 4. The van der Waals surface area contributed by atoms with Gasteiger partial charge >= 0.3 is 0 Å². The second kappa shape index (κ2) is 6.24. The highest BCUT2D eigenvalue weighted by Crippen LogP contribution is 2.29. The Kier molecular flexibility index (Phi) is 4.95. The monoisotopic (exact) mass is 243 g/mol. The van der Waals surface area contributed by atoms with Crippen molar-refractivity contribution < 1.29 is 0 Å². The van der Waals surface area contributed by atoms with Crippen LogP contribution in [0, 0.1) is 5.92 Å². The molecule has 1 aliphatic carbocycles. The molecule has 1 N–H and O–H groups in total. The maximum absolute atomic E-state index is 3.65. The molecule has 0 aromatic heterocycles. The van der Waals surface area contributed by atoms with Crippen molar-refractivity contribution in [1.82, 2.24) is 13.9 Å². The molecule has 4 heteroatoms. The highest BCUT2D eigenvalue weighted by Gasteiger charge is 2.24. The largest absolute Gasteiger partial charge is 0.304 e. The Morgan fingerprint density at radius 3 is 2.56 bits per heavy atom. The van der Waals surface area contributed by atoms with E-state index in [1.54, 1.807) is 0 Å². The summed E-state index contributed by atoms with van der Waals surface area (Å²) in [5.74, 6) is 0.977. The number of nitrogens with one attached hydrogen (secondary N) is 1. The number of hydrogen-bond acceptors (Lipinski definition) is 4. The molecule has 2 aliphatic rings. The van der Waals surface area contributed by atoms with E-state index >= 15 is 0 Å². The van der Waals surface area contributed by atoms with Crippen molar-refractivity contribution >= 4 is 12.1 Å². The van der Waals surface area contributed by atoms with Crippen LogP contribution in [0.15, 0.2) is 0 Å². The molecule has 3 nitrogen and oxygen atoms in total. The van der Waals surface area contributed by atoms with Crippen LogP contribution in [0.3, 0.4) is 0 Å². The SMILES string of the molecule is CC[C@H]1CC[C@@H](NSN2CCN(C)CC2)C1. The number of likely N-dealkylation sites (N-methyl/N-ethyl adjacent to an activating group) is 1. The minimum Gasteiger partial charge on any atom is -0.304 e. The Labute approximate surface area is 104 Å².